The highest BCUT2D eigenvalue weighted by molar-refractivity contribution is 9.10. The minimum absolute atomic E-state index is 0.0479. The van der Waals surface area contributed by atoms with E-state index >= 15 is 0 Å². The maximum absolute atomic E-state index is 13.2. The maximum atomic E-state index is 13.2. The number of nitrogens with one attached hydrogen (secondary N) is 2. The molecule has 33 heavy (non-hydrogen) atoms. The van der Waals surface area contributed by atoms with Gasteiger partial charge in [0.15, 0.2) is 5.82 Å². The molecule has 2 aliphatic rings. The Labute approximate surface area is 194 Å². The zero-order chi connectivity index (χ0) is 24.1. The minimum atomic E-state index is -4.60. The van der Waals surface area contributed by atoms with Crippen LogP contribution >= 0.6 is 15.9 Å². The number of halogens is 4. The molecule has 1 fully saturated rings. The number of nitrogens with zero attached hydrogens (tertiary/aromatic N) is 4. The van der Waals surface area contributed by atoms with Crippen molar-refractivity contribution in [2.45, 2.75) is 31.6 Å². The van der Waals surface area contributed by atoms with Gasteiger partial charge in [-0.25, -0.2) is 9.78 Å². The van der Waals surface area contributed by atoms with Crippen molar-refractivity contribution in [1.29, 1.82) is 0 Å². The van der Waals surface area contributed by atoms with Gasteiger partial charge in [-0.3, -0.25) is 14.5 Å². The molecule has 2 atom stereocenters. The van der Waals surface area contributed by atoms with Gasteiger partial charge in [-0.15, -0.1) is 0 Å². The van der Waals surface area contributed by atoms with Crippen molar-refractivity contribution < 1.29 is 22.8 Å². The second-order valence-electron chi connectivity index (χ2n) is 7.95. The summed E-state index contributed by atoms with van der Waals surface area (Å²) < 4.78 is 40.4. The number of fused-ring (bicyclic) bond motifs is 4. The molecule has 0 unspecified atom stereocenters. The van der Waals surface area contributed by atoms with Crippen LogP contribution in [0.5, 0.6) is 0 Å². The summed E-state index contributed by atoms with van der Waals surface area (Å²) in [6.45, 7) is 2.02. The lowest BCUT2D eigenvalue weighted by atomic mass is 10.1. The molecule has 2 N–H and O–H groups in total. The highest BCUT2D eigenvalue weighted by atomic mass is 79.9. The highest BCUT2D eigenvalue weighted by Crippen LogP contribution is 2.39. The number of urea groups is 1. The van der Waals surface area contributed by atoms with Crippen molar-refractivity contribution in [3.8, 4) is 0 Å². The summed E-state index contributed by atoms with van der Waals surface area (Å²) >= 11 is 3.28. The van der Waals surface area contributed by atoms with E-state index in [-0.39, 0.29) is 23.2 Å². The summed E-state index contributed by atoms with van der Waals surface area (Å²) in [6.07, 6.45) is -2.42. The lowest BCUT2D eigenvalue weighted by Crippen LogP contribution is -2.49. The predicted octanol–water partition coefficient (Wildman–Crippen LogP) is 2.85. The smallest absolute Gasteiger partial charge is 0.366 e. The van der Waals surface area contributed by atoms with Crippen LogP contribution in [-0.2, 0) is 7.05 Å². The molecule has 1 saturated heterocycles. The Hall–Kier alpha value is -3.09. The van der Waals surface area contributed by atoms with Gasteiger partial charge in [-0.2, -0.15) is 13.2 Å². The molecule has 4 rings (SSSR count). The van der Waals surface area contributed by atoms with Crippen molar-refractivity contribution in [2.75, 3.05) is 28.2 Å². The molecule has 4 heterocycles. The number of pyridine rings is 2. The molecule has 2 aromatic rings. The first-order valence-electron chi connectivity index (χ1n) is 10.1. The fraction of sp³-hybridized carbons (Fsp3) is 0.400. The van der Waals surface area contributed by atoms with E-state index in [1.165, 1.54) is 21.6 Å². The fourth-order valence-electron chi connectivity index (χ4n) is 3.89. The quantitative estimate of drug-likeness (QED) is 0.638. The first kappa shape index (κ1) is 23.1. The maximum Gasteiger partial charge on any atom is 0.408 e. The van der Waals surface area contributed by atoms with E-state index < -0.39 is 29.7 Å². The Bertz CT molecular complexity index is 1180. The third-order valence-electron chi connectivity index (χ3n) is 5.63. The van der Waals surface area contributed by atoms with E-state index in [2.05, 4.69) is 26.2 Å². The average molecular weight is 529 g/mol. The fourth-order valence-corrected chi connectivity index (χ4v) is 4.42. The summed E-state index contributed by atoms with van der Waals surface area (Å²) in [5.41, 5.74) is -0.0317. The van der Waals surface area contributed by atoms with Crippen LogP contribution in [0.1, 0.15) is 23.8 Å². The van der Waals surface area contributed by atoms with Crippen LogP contribution in [0.15, 0.2) is 33.7 Å². The summed E-state index contributed by atoms with van der Waals surface area (Å²) in [4.78, 5) is 45.6. The van der Waals surface area contributed by atoms with Gasteiger partial charge in [0.25, 0.3) is 11.5 Å². The van der Waals surface area contributed by atoms with Gasteiger partial charge < -0.3 is 20.1 Å². The first-order valence-corrected chi connectivity index (χ1v) is 10.8. The number of rotatable bonds is 3. The largest absolute Gasteiger partial charge is 0.408 e. The molecule has 176 valence electrons. The molecule has 3 amide bonds. The third kappa shape index (κ3) is 4.41. The van der Waals surface area contributed by atoms with Crippen LogP contribution in [0.25, 0.3) is 0 Å². The summed E-state index contributed by atoms with van der Waals surface area (Å²) in [5.74, 6) is -0.850. The molecule has 13 heteroatoms. The Morgan fingerprint density at radius 2 is 2.03 bits per heavy atom. The third-order valence-corrected chi connectivity index (χ3v) is 6.07. The molecule has 2 bridgehead atoms. The van der Waals surface area contributed by atoms with Gasteiger partial charge in [0, 0.05) is 30.8 Å². The van der Waals surface area contributed by atoms with Crippen LogP contribution < -0.4 is 26.0 Å². The summed E-state index contributed by atoms with van der Waals surface area (Å²) in [7, 11) is 1.54. The van der Waals surface area contributed by atoms with Gasteiger partial charge in [-0.05, 0) is 47.5 Å². The van der Waals surface area contributed by atoms with Gasteiger partial charge in [0.1, 0.15) is 17.4 Å². The number of aromatic nitrogens is 2. The number of carbonyl (C=O) groups excluding carboxylic acids is 2. The lowest BCUT2D eigenvalue weighted by Gasteiger charge is -2.35. The number of anilines is 3. The van der Waals surface area contributed by atoms with Crippen LogP contribution in [0, 0.1) is 0 Å². The minimum Gasteiger partial charge on any atom is -0.366 e. The number of hydrogen-bond acceptors (Lipinski definition) is 5. The molecule has 2 aliphatic heterocycles. The van der Waals surface area contributed by atoms with Gasteiger partial charge in [-0.1, -0.05) is 0 Å². The van der Waals surface area contributed by atoms with E-state index in [1.54, 1.807) is 19.3 Å². The van der Waals surface area contributed by atoms with Gasteiger partial charge in [0.05, 0.1) is 11.7 Å². The number of alkyl halides is 3. The molecular formula is C20H20BrF3N6O3. The van der Waals surface area contributed by atoms with Crippen molar-refractivity contribution in [2.24, 2.45) is 7.05 Å². The second kappa shape index (κ2) is 8.36. The van der Waals surface area contributed by atoms with E-state index in [0.717, 1.165) is 6.92 Å². The van der Waals surface area contributed by atoms with Crippen LogP contribution in [0.3, 0.4) is 0 Å². The zero-order valence-electron chi connectivity index (χ0n) is 17.6. The van der Waals surface area contributed by atoms with E-state index in [4.69, 9.17) is 0 Å². The standard InChI is InChI=1S/C20H20BrF3N6O3/c1-10(20(22,23)24)25-17(31)13-3-4-15-16(26-13)30(12-5-6-29(15)9-12)19(33)27-14-7-11(21)8-28(2)18(14)32/h3-4,7-8,10,12H,5-6,9H2,1-2H3,(H,25,31)(H,27,33)/t10-,12+/m1/s1. The van der Waals surface area contributed by atoms with Crippen molar-refractivity contribution in [1.82, 2.24) is 14.9 Å². The molecule has 0 aromatic carbocycles. The molecule has 0 aliphatic carbocycles. The molecule has 2 aromatic heterocycles. The SMILES string of the molecule is C[C@@H](NC(=O)c1ccc2c(n1)N(C(=O)Nc1cc(Br)cn(C)c1=O)[C@H]1CCN2C1)C(F)(F)F. The van der Waals surface area contributed by atoms with Crippen molar-refractivity contribution in [3.63, 3.8) is 0 Å². The predicted molar refractivity (Wildman–Crippen MR) is 119 cm³/mol. The van der Waals surface area contributed by atoms with Crippen molar-refractivity contribution >= 4 is 45.1 Å². The number of amides is 3. The molecule has 0 radical (unpaired) electrons. The lowest BCUT2D eigenvalue weighted by molar-refractivity contribution is -0.149. The monoisotopic (exact) mass is 528 g/mol. The molecular weight excluding hydrogens is 509 g/mol. The Kier molecular flexibility index (Phi) is 5.85. The van der Waals surface area contributed by atoms with Gasteiger partial charge >= 0.3 is 12.2 Å². The summed E-state index contributed by atoms with van der Waals surface area (Å²) in [5, 5.41) is 4.48. The topological polar surface area (TPSA) is 99.6 Å². The number of aryl methyl sites for hydroxylation is 1. The van der Waals surface area contributed by atoms with Crippen LogP contribution in [-0.4, -0.2) is 52.8 Å². The second-order valence-corrected chi connectivity index (χ2v) is 8.87. The van der Waals surface area contributed by atoms with Crippen LogP contribution in [0.4, 0.5) is 35.2 Å². The zero-order valence-corrected chi connectivity index (χ0v) is 19.2. The summed E-state index contributed by atoms with van der Waals surface area (Å²) in [6, 6.07) is 1.42. The number of carbonyl (C=O) groups is 2. The first-order chi connectivity index (χ1) is 15.5. The van der Waals surface area contributed by atoms with Crippen LogP contribution in [0.2, 0.25) is 0 Å². The Morgan fingerprint density at radius 3 is 2.73 bits per heavy atom. The molecule has 0 saturated carbocycles. The Balaban J connectivity index is 1.66. The number of hydrogen-bond donors (Lipinski definition) is 2. The van der Waals surface area contributed by atoms with Gasteiger partial charge in [0.2, 0.25) is 0 Å². The molecule has 0 spiro atoms. The van der Waals surface area contributed by atoms with Crippen molar-refractivity contribution in [3.05, 3.63) is 44.9 Å². The highest BCUT2D eigenvalue weighted by Gasteiger charge is 2.41. The van der Waals surface area contributed by atoms with E-state index in [0.29, 0.717) is 29.7 Å². The van der Waals surface area contributed by atoms with E-state index in [9.17, 15) is 27.6 Å². The Morgan fingerprint density at radius 1 is 1.30 bits per heavy atom. The molecule has 9 nitrogen and oxygen atoms in total. The normalized spacial score (nSPS) is 18.1. The average Bonchev–Trinajstić information content (AvgIpc) is 3.14. The van der Waals surface area contributed by atoms with E-state index in [1.807, 2.05) is 10.2 Å².